The van der Waals surface area contributed by atoms with Crippen LogP contribution in [0.25, 0.3) is 22.3 Å². The van der Waals surface area contributed by atoms with Crippen molar-refractivity contribution in [2.24, 2.45) is 0 Å². The summed E-state index contributed by atoms with van der Waals surface area (Å²) >= 11 is 0. The Labute approximate surface area is 128 Å². The average molecular weight is 274 g/mol. The third-order valence-corrected chi connectivity index (χ3v) is 3.65. The van der Waals surface area contributed by atoms with E-state index in [1.165, 1.54) is 33.4 Å². The fraction of sp³-hybridized carbons (Fsp3) is 0.143. The first-order valence-corrected chi connectivity index (χ1v) is 6.96. The molecule has 0 bridgehead atoms. The van der Waals surface area contributed by atoms with Gasteiger partial charge in [0, 0.05) is 0 Å². The quantitative estimate of drug-likeness (QED) is 0.516. The first kappa shape index (κ1) is 15.1. The Balaban J connectivity index is 0.00000161. The zero-order valence-electron chi connectivity index (χ0n) is 11.9. The molecule has 0 aliphatic carbocycles. The topological polar surface area (TPSA) is 0 Å². The van der Waals surface area contributed by atoms with Gasteiger partial charge in [-0.15, -0.1) is 0 Å². The van der Waals surface area contributed by atoms with Gasteiger partial charge >= 0.3 is 0 Å². The van der Waals surface area contributed by atoms with Crippen LogP contribution in [-0.2, 0) is 0 Å². The second-order valence-corrected chi connectivity index (χ2v) is 5.31. The van der Waals surface area contributed by atoms with Gasteiger partial charge in [0.2, 0.25) is 0 Å². The van der Waals surface area contributed by atoms with Crippen molar-refractivity contribution in [2.75, 3.05) is 0 Å². The van der Waals surface area contributed by atoms with Gasteiger partial charge in [-0.05, 0) is 36.1 Å². The van der Waals surface area contributed by atoms with Crippen molar-refractivity contribution in [3.05, 3.63) is 83.9 Å². The predicted octanol–water partition coefficient (Wildman–Crippen LogP) is 6.27. The van der Waals surface area contributed by atoms with Gasteiger partial charge in [0.05, 0.1) is 0 Å². The molecule has 0 aliphatic heterocycles. The smallest absolute Gasteiger partial charge is 0.0184 e. The maximum absolute atomic E-state index is 2.19. The van der Waals surface area contributed by atoms with Crippen LogP contribution in [-0.4, -0.2) is 0 Å². The molecular formula is C21H22. The molecule has 3 rings (SSSR count). The van der Waals surface area contributed by atoms with Crippen molar-refractivity contribution < 1.29 is 0 Å². The normalized spacial score (nSPS) is 10.0. The highest BCUT2D eigenvalue weighted by molar-refractivity contribution is 5.70. The minimum atomic E-state index is 0. The Kier molecular flexibility index (Phi) is 4.59. The maximum Gasteiger partial charge on any atom is -0.0184 e. The molecule has 3 aromatic carbocycles. The lowest BCUT2D eigenvalue weighted by atomic mass is 9.99. The molecule has 21 heavy (non-hydrogen) atoms. The van der Waals surface area contributed by atoms with Gasteiger partial charge < -0.3 is 0 Å². The molecule has 0 heterocycles. The predicted molar refractivity (Wildman–Crippen MR) is 93.5 cm³/mol. The highest BCUT2D eigenvalue weighted by Gasteiger charge is 2.00. The minimum absolute atomic E-state index is 0. The van der Waals surface area contributed by atoms with Crippen molar-refractivity contribution >= 4 is 0 Å². The number of hydrogen-bond acceptors (Lipinski definition) is 0. The maximum atomic E-state index is 2.19. The van der Waals surface area contributed by atoms with Crippen molar-refractivity contribution in [1.82, 2.24) is 0 Å². The third kappa shape index (κ3) is 3.41. The van der Waals surface area contributed by atoms with Gasteiger partial charge in [-0.1, -0.05) is 91.3 Å². The summed E-state index contributed by atoms with van der Waals surface area (Å²) in [5.74, 6) is 0. The summed E-state index contributed by atoms with van der Waals surface area (Å²) in [5.41, 5.74) is 7.66. The van der Waals surface area contributed by atoms with Crippen molar-refractivity contribution in [1.29, 1.82) is 0 Å². The molecule has 0 saturated carbocycles. The van der Waals surface area contributed by atoms with E-state index in [4.69, 9.17) is 0 Å². The molecule has 0 spiro atoms. The highest BCUT2D eigenvalue weighted by atomic mass is 14.0. The van der Waals surface area contributed by atoms with Crippen LogP contribution in [0, 0.1) is 13.8 Å². The largest absolute Gasteiger partial charge is 0.0776 e. The number of benzene rings is 3. The molecular weight excluding hydrogens is 252 g/mol. The minimum Gasteiger partial charge on any atom is -0.0776 e. The summed E-state index contributed by atoms with van der Waals surface area (Å²) in [6.45, 7) is 4.23. The first-order chi connectivity index (χ1) is 9.72. The SMILES string of the molecule is C.Cc1ccc(-c2ccc(-c3ccc(C)cc3)cc2)cc1. The van der Waals surface area contributed by atoms with E-state index in [9.17, 15) is 0 Å². The Morgan fingerprint density at radius 2 is 0.571 bits per heavy atom. The molecule has 0 heteroatoms. The molecule has 0 radical (unpaired) electrons. The third-order valence-electron chi connectivity index (χ3n) is 3.65. The summed E-state index contributed by atoms with van der Waals surface area (Å²) in [6, 6.07) is 26.1. The highest BCUT2D eigenvalue weighted by Crippen LogP contribution is 2.25. The lowest BCUT2D eigenvalue weighted by Gasteiger charge is -2.06. The monoisotopic (exact) mass is 274 g/mol. The molecule has 0 aliphatic rings. The molecule has 0 saturated heterocycles. The van der Waals surface area contributed by atoms with E-state index in [0.29, 0.717) is 0 Å². The Morgan fingerprint density at radius 3 is 0.810 bits per heavy atom. The fourth-order valence-electron chi connectivity index (χ4n) is 2.35. The molecule has 0 amide bonds. The van der Waals surface area contributed by atoms with Crippen molar-refractivity contribution in [3.63, 3.8) is 0 Å². The van der Waals surface area contributed by atoms with E-state index in [2.05, 4.69) is 86.6 Å². The van der Waals surface area contributed by atoms with E-state index in [1.54, 1.807) is 0 Å². The lowest BCUT2D eigenvalue weighted by Crippen LogP contribution is -1.81. The summed E-state index contributed by atoms with van der Waals surface area (Å²) < 4.78 is 0. The van der Waals surface area contributed by atoms with Crippen LogP contribution < -0.4 is 0 Å². The van der Waals surface area contributed by atoms with Crippen LogP contribution >= 0.6 is 0 Å². The van der Waals surface area contributed by atoms with Gasteiger partial charge in [-0.2, -0.15) is 0 Å². The number of rotatable bonds is 2. The Morgan fingerprint density at radius 1 is 0.381 bits per heavy atom. The molecule has 0 fully saturated rings. The molecule has 0 atom stereocenters. The molecule has 3 aromatic rings. The molecule has 0 aromatic heterocycles. The molecule has 0 N–H and O–H groups in total. The number of aryl methyl sites for hydroxylation is 2. The zero-order valence-corrected chi connectivity index (χ0v) is 11.9. The van der Waals surface area contributed by atoms with E-state index in [1.807, 2.05) is 0 Å². The van der Waals surface area contributed by atoms with Crippen molar-refractivity contribution in [2.45, 2.75) is 21.3 Å². The van der Waals surface area contributed by atoms with Crippen LogP contribution in [0.1, 0.15) is 18.6 Å². The average Bonchev–Trinajstić information content (AvgIpc) is 2.49. The Bertz CT molecular complexity index is 622. The zero-order chi connectivity index (χ0) is 13.9. The van der Waals surface area contributed by atoms with Crippen molar-refractivity contribution in [3.8, 4) is 22.3 Å². The molecule has 0 nitrogen and oxygen atoms in total. The lowest BCUT2D eigenvalue weighted by molar-refractivity contribution is 1.46. The van der Waals surface area contributed by atoms with Gasteiger partial charge in [-0.25, -0.2) is 0 Å². The van der Waals surface area contributed by atoms with E-state index in [-0.39, 0.29) is 7.43 Å². The number of hydrogen-bond donors (Lipinski definition) is 0. The van der Waals surface area contributed by atoms with E-state index >= 15 is 0 Å². The van der Waals surface area contributed by atoms with Gasteiger partial charge in [-0.3, -0.25) is 0 Å². The standard InChI is InChI=1S/C20H18.CH4/c1-15-3-7-17(8-4-15)19-11-13-20(14-12-19)18-9-5-16(2)6-10-18;/h3-14H,1-2H3;1H4. The van der Waals surface area contributed by atoms with Crippen LogP contribution in [0.4, 0.5) is 0 Å². The van der Waals surface area contributed by atoms with Gasteiger partial charge in [0.25, 0.3) is 0 Å². The van der Waals surface area contributed by atoms with Gasteiger partial charge in [0.1, 0.15) is 0 Å². The van der Waals surface area contributed by atoms with E-state index in [0.717, 1.165) is 0 Å². The van der Waals surface area contributed by atoms with E-state index < -0.39 is 0 Å². The summed E-state index contributed by atoms with van der Waals surface area (Å²) in [7, 11) is 0. The summed E-state index contributed by atoms with van der Waals surface area (Å²) in [6.07, 6.45) is 0. The van der Waals surface area contributed by atoms with Crippen LogP contribution in [0.3, 0.4) is 0 Å². The second kappa shape index (κ2) is 6.41. The first-order valence-electron chi connectivity index (χ1n) is 6.96. The van der Waals surface area contributed by atoms with Crippen LogP contribution in [0.2, 0.25) is 0 Å². The van der Waals surface area contributed by atoms with Crippen LogP contribution in [0.5, 0.6) is 0 Å². The molecule has 0 unspecified atom stereocenters. The fourth-order valence-corrected chi connectivity index (χ4v) is 2.35. The van der Waals surface area contributed by atoms with Crippen LogP contribution in [0.15, 0.2) is 72.8 Å². The summed E-state index contributed by atoms with van der Waals surface area (Å²) in [5, 5.41) is 0. The Hall–Kier alpha value is -2.34. The van der Waals surface area contributed by atoms with Gasteiger partial charge in [0.15, 0.2) is 0 Å². The molecule has 106 valence electrons. The summed E-state index contributed by atoms with van der Waals surface area (Å²) in [4.78, 5) is 0. The second-order valence-electron chi connectivity index (χ2n) is 5.31.